The van der Waals surface area contributed by atoms with Gasteiger partial charge in [0, 0.05) is 18.6 Å². The number of nitrogens with one attached hydrogen (secondary N) is 3. The Bertz CT molecular complexity index is 1610. The third-order valence-corrected chi connectivity index (χ3v) is 8.60. The van der Waals surface area contributed by atoms with E-state index < -0.39 is 54.1 Å². The highest BCUT2D eigenvalue weighted by Crippen LogP contribution is 2.33. The van der Waals surface area contributed by atoms with Crippen LogP contribution < -0.4 is 27.4 Å². The molecule has 2 aromatic carbocycles. The largest absolute Gasteiger partial charge is 0.490 e. The van der Waals surface area contributed by atoms with E-state index in [1.165, 1.54) is 0 Å². The van der Waals surface area contributed by atoms with Crippen LogP contribution in [0.3, 0.4) is 0 Å². The van der Waals surface area contributed by atoms with Crippen LogP contribution in [0.4, 0.5) is 13.2 Å². The van der Waals surface area contributed by atoms with Crippen LogP contribution in [0.5, 0.6) is 0 Å². The smallest absolute Gasteiger partial charge is 0.481 e. The highest BCUT2D eigenvalue weighted by molar-refractivity contribution is 5.95. The van der Waals surface area contributed by atoms with Crippen LogP contribution in [0.25, 0.3) is 0 Å². The Morgan fingerprint density at radius 3 is 2.04 bits per heavy atom. The normalized spacial score (nSPS) is 19.0. The number of guanidine groups is 1. The number of alkyl halides is 3. The number of carboxylic acids is 2. The molecule has 0 saturated carbocycles. The quantitative estimate of drug-likeness (QED) is 0.0781. The van der Waals surface area contributed by atoms with Crippen LogP contribution in [0, 0.1) is 0 Å². The van der Waals surface area contributed by atoms with Gasteiger partial charge in [-0.3, -0.25) is 29.0 Å². The van der Waals surface area contributed by atoms with Crippen molar-refractivity contribution in [3.63, 3.8) is 0 Å². The Hall–Kier alpha value is -5.68. The molecule has 0 aliphatic carbocycles. The van der Waals surface area contributed by atoms with Crippen molar-refractivity contribution in [1.29, 1.82) is 0 Å². The predicted octanol–water partition coefficient (Wildman–Crippen LogP) is 1.24. The second-order valence-corrected chi connectivity index (χ2v) is 12.7. The summed E-state index contributed by atoms with van der Waals surface area (Å²) in [6.45, 7) is 0.227. The van der Waals surface area contributed by atoms with Crippen molar-refractivity contribution < 1.29 is 52.2 Å². The molecular weight excluding hydrogens is 703 g/mol. The van der Waals surface area contributed by atoms with Gasteiger partial charge in [-0.1, -0.05) is 60.7 Å². The molecule has 2 fully saturated rings. The van der Waals surface area contributed by atoms with E-state index in [1.807, 2.05) is 60.7 Å². The number of halogens is 3. The third kappa shape index (κ3) is 13.8. The second-order valence-electron chi connectivity index (χ2n) is 12.7. The molecule has 4 rings (SSSR count). The lowest BCUT2D eigenvalue weighted by Gasteiger charge is -2.38. The van der Waals surface area contributed by atoms with Crippen LogP contribution in [0.1, 0.15) is 56.1 Å². The molecule has 4 amide bonds. The maximum absolute atomic E-state index is 13.7. The predicted molar refractivity (Wildman–Crippen MR) is 185 cm³/mol. The van der Waals surface area contributed by atoms with Crippen molar-refractivity contribution in [3.8, 4) is 0 Å². The van der Waals surface area contributed by atoms with E-state index in [2.05, 4.69) is 20.9 Å². The number of nitrogens with two attached hydrogens (primary N) is 2. The molecule has 18 heteroatoms. The molecule has 0 bridgehead atoms. The van der Waals surface area contributed by atoms with E-state index in [0.29, 0.717) is 32.1 Å². The molecule has 2 aromatic rings. The zero-order chi connectivity index (χ0) is 39.1. The summed E-state index contributed by atoms with van der Waals surface area (Å²) in [5.41, 5.74) is 12.6. The van der Waals surface area contributed by atoms with Gasteiger partial charge in [0.05, 0.1) is 12.8 Å². The summed E-state index contributed by atoms with van der Waals surface area (Å²) in [6.07, 6.45) is -2.23. The Labute approximate surface area is 303 Å². The summed E-state index contributed by atoms with van der Waals surface area (Å²) >= 11 is 0. The number of carbonyl (C=O) groups is 6. The Balaban J connectivity index is 0.000000980. The molecule has 0 spiro atoms. The van der Waals surface area contributed by atoms with E-state index in [0.717, 1.165) is 11.1 Å². The van der Waals surface area contributed by atoms with Crippen LogP contribution in [0.15, 0.2) is 65.7 Å². The summed E-state index contributed by atoms with van der Waals surface area (Å²) in [6, 6.07) is 15.0. The van der Waals surface area contributed by atoms with Gasteiger partial charge >= 0.3 is 18.1 Å². The molecule has 288 valence electrons. The van der Waals surface area contributed by atoms with Crippen molar-refractivity contribution in [3.05, 3.63) is 71.8 Å². The fraction of sp³-hybridized carbons (Fsp3) is 0.457. The average molecular weight is 748 g/mol. The lowest BCUT2D eigenvalue weighted by Crippen LogP contribution is -2.60. The summed E-state index contributed by atoms with van der Waals surface area (Å²) in [5.74, 6) is -5.52. The SMILES string of the molecule is NC(N)=NCCC[C@H](NC(=O)[C@@H]1CC[C@@H]2CCC(NC(=O)Cc3ccccc3)C(=O)N21)C(=O)N[C@H](CC(=O)O)Cc1ccccc1.O=C(O)C(F)(F)F. The van der Waals surface area contributed by atoms with Crippen molar-refractivity contribution in [2.24, 2.45) is 16.5 Å². The number of carbonyl (C=O) groups excluding carboxylic acids is 4. The minimum atomic E-state index is -5.08. The summed E-state index contributed by atoms with van der Waals surface area (Å²) in [4.78, 5) is 79.6. The zero-order valence-electron chi connectivity index (χ0n) is 28.8. The second kappa shape index (κ2) is 19.8. The Morgan fingerprint density at radius 2 is 1.47 bits per heavy atom. The van der Waals surface area contributed by atoms with Gasteiger partial charge in [0.15, 0.2) is 5.96 Å². The topological polar surface area (TPSA) is 247 Å². The minimum Gasteiger partial charge on any atom is -0.481 e. The lowest BCUT2D eigenvalue weighted by molar-refractivity contribution is -0.192. The average Bonchev–Trinajstić information content (AvgIpc) is 3.53. The molecule has 2 saturated heterocycles. The van der Waals surface area contributed by atoms with E-state index in [1.54, 1.807) is 4.90 Å². The Morgan fingerprint density at radius 1 is 0.887 bits per heavy atom. The molecule has 2 aliphatic rings. The van der Waals surface area contributed by atoms with Crippen molar-refractivity contribution >= 4 is 41.5 Å². The van der Waals surface area contributed by atoms with Gasteiger partial charge in [-0.2, -0.15) is 13.2 Å². The molecule has 5 atom stereocenters. The van der Waals surface area contributed by atoms with Crippen LogP contribution in [0.2, 0.25) is 0 Å². The number of aliphatic imine (C=N–C) groups is 1. The minimum absolute atomic E-state index is 0.0968. The highest BCUT2D eigenvalue weighted by Gasteiger charge is 2.47. The third-order valence-electron chi connectivity index (χ3n) is 8.60. The summed E-state index contributed by atoms with van der Waals surface area (Å²) in [7, 11) is 0. The van der Waals surface area contributed by atoms with Crippen LogP contribution >= 0.6 is 0 Å². The standard InChI is InChI=1S/C33H43N7O6.C2HF3O2/c34-33(35)36-17-7-12-25(30(44)37-23(20-29(42)43)18-21-8-3-1-4-9-21)39-31(45)27-16-14-24-13-15-26(32(46)40(24)27)38-28(41)19-22-10-5-2-6-11-22;3-2(4,5)1(6)7/h1-6,8-11,23-27H,7,12-20H2,(H,37,44)(H,38,41)(H,39,45)(H,42,43)(H4,34,35,36);(H,6,7)/t23-,24-,25-,26?,27-;/m0./s1. The number of carboxylic acid groups (broad SMARTS) is 2. The van der Waals surface area contributed by atoms with Crippen molar-refractivity contribution in [1.82, 2.24) is 20.9 Å². The van der Waals surface area contributed by atoms with E-state index in [-0.39, 0.29) is 56.0 Å². The first-order valence-corrected chi connectivity index (χ1v) is 16.9. The monoisotopic (exact) mass is 747 g/mol. The molecule has 2 heterocycles. The fourth-order valence-corrected chi connectivity index (χ4v) is 6.21. The number of hydrogen-bond donors (Lipinski definition) is 7. The highest BCUT2D eigenvalue weighted by atomic mass is 19.4. The first kappa shape index (κ1) is 41.7. The number of amides is 4. The molecule has 2 aliphatic heterocycles. The van der Waals surface area contributed by atoms with Gasteiger partial charge in [-0.15, -0.1) is 0 Å². The zero-order valence-corrected chi connectivity index (χ0v) is 28.8. The summed E-state index contributed by atoms with van der Waals surface area (Å²) in [5, 5.41) is 25.1. The van der Waals surface area contributed by atoms with Gasteiger partial charge in [-0.05, 0) is 56.1 Å². The van der Waals surface area contributed by atoms with Gasteiger partial charge in [0.1, 0.15) is 18.1 Å². The van der Waals surface area contributed by atoms with Crippen LogP contribution in [-0.4, -0.2) is 99.6 Å². The van der Waals surface area contributed by atoms with E-state index in [9.17, 15) is 42.3 Å². The molecule has 0 aromatic heterocycles. The molecule has 0 radical (unpaired) electrons. The maximum atomic E-state index is 13.7. The molecular formula is C35H44F3N7O8. The number of hydrogen-bond acceptors (Lipinski definition) is 7. The van der Waals surface area contributed by atoms with E-state index in [4.69, 9.17) is 21.4 Å². The molecule has 9 N–H and O–H groups in total. The van der Waals surface area contributed by atoms with E-state index >= 15 is 0 Å². The number of piperidine rings is 1. The molecule has 53 heavy (non-hydrogen) atoms. The van der Waals surface area contributed by atoms with Crippen molar-refractivity contribution in [2.45, 2.75) is 94.2 Å². The maximum Gasteiger partial charge on any atom is 0.490 e. The van der Waals surface area contributed by atoms with Crippen molar-refractivity contribution in [2.75, 3.05) is 6.54 Å². The molecule has 1 unspecified atom stereocenters. The van der Waals surface area contributed by atoms with Gasteiger partial charge in [-0.25, -0.2) is 4.79 Å². The first-order valence-electron chi connectivity index (χ1n) is 16.9. The van der Waals surface area contributed by atoms with Crippen LogP contribution in [-0.2, 0) is 41.6 Å². The number of rotatable bonds is 15. The molecule has 15 nitrogen and oxygen atoms in total. The summed E-state index contributed by atoms with van der Waals surface area (Å²) < 4.78 is 31.7. The lowest BCUT2D eigenvalue weighted by atomic mass is 9.97. The van der Waals surface area contributed by atoms with Gasteiger partial charge < -0.3 is 42.5 Å². The number of nitrogens with zero attached hydrogens (tertiary/aromatic N) is 2. The number of fused-ring (bicyclic) bond motifs is 1. The number of aliphatic carboxylic acids is 2. The van der Waals surface area contributed by atoms with Gasteiger partial charge in [0.2, 0.25) is 23.6 Å². The first-order chi connectivity index (χ1) is 25.0. The number of benzene rings is 2. The fourth-order valence-electron chi connectivity index (χ4n) is 6.21. The Kier molecular flexibility index (Phi) is 15.6. The van der Waals surface area contributed by atoms with Gasteiger partial charge in [0.25, 0.3) is 0 Å².